The Balaban J connectivity index is 2.12. The highest BCUT2D eigenvalue weighted by atomic mass is 79.9. The molecule has 2 atom stereocenters. The minimum absolute atomic E-state index is 0.0753. The lowest BCUT2D eigenvalue weighted by Crippen LogP contribution is -2.37. The summed E-state index contributed by atoms with van der Waals surface area (Å²) in [5.41, 5.74) is 0.906. The van der Waals surface area contributed by atoms with Gasteiger partial charge in [0.1, 0.15) is 11.5 Å². The number of rotatable bonds is 5. The summed E-state index contributed by atoms with van der Waals surface area (Å²) in [7, 11) is 3.48. The van der Waals surface area contributed by atoms with E-state index in [4.69, 9.17) is 9.47 Å². The zero-order chi connectivity index (χ0) is 13.8. The molecule has 0 bridgehead atoms. The molecule has 0 aliphatic carbocycles. The van der Waals surface area contributed by atoms with Gasteiger partial charge in [0.15, 0.2) is 0 Å². The Hall–Kier alpha value is -0.910. The van der Waals surface area contributed by atoms with Gasteiger partial charge in [0.05, 0.1) is 26.2 Å². The van der Waals surface area contributed by atoms with Crippen molar-refractivity contribution in [2.24, 2.45) is 5.92 Å². The standard InChI is InChI=1S/C14H18BrNO3/c1-16-12-8-19-7-11(12)13(17)6-9-5-10(15)3-4-14(9)18-2/h3-5,11-12,16H,6-8H2,1-2H3. The molecular formula is C14H18BrNO3. The first-order valence-electron chi connectivity index (χ1n) is 6.26. The molecule has 1 aliphatic heterocycles. The first-order valence-corrected chi connectivity index (χ1v) is 7.05. The Morgan fingerprint density at radius 1 is 1.53 bits per heavy atom. The molecule has 0 spiro atoms. The van der Waals surface area contributed by atoms with Gasteiger partial charge in [-0.05, 0) is 25.2 Å². The van der Waals surface area contributed by atoms with Crippen molar-refractivity contribution >= 4 is 21.7 Å². The van der Waals surface area contributed by atoms with Crippen molar-refractivity contribution in [2.75, 3.05) is 27.4 Å². The quantitative estimate of drug-likeness (QED) is 0.895. The van der Waals surface area contributed by atoms with Gasteiger partial charge in [-0.2, -0.15) is 0 Å². The van der Waals surface area contributed by atoms with E-state index in [0.717, 1.165) is 15.8 Å². The lowest BCUT2D eigenvalue weighted by atomic mass is 9.93. The van der Waals surface area contributed by atoms with Gasteiger partial charge in [0, 0.05) is 22.5 Å². The van der Waals surface area contributed by atoms with Crippen LogP contribution in [0.25, 0.3) is 0 Å². The summed E-state index contributed by atoms with van der Waals surface area (Å²) in [6, 6.07) is 5.82. The second-order valence-electron chi connectivity index (χ2n) is 4.64. The molecule has 5 heteroatoms. The van der Waals surface area contributed by atoms with Crippen molar-refractivity contribution in [1.29, 1.82) is 0 Å². The third-order valence-electron chi connectivity index (χ3n) is 3.47. The zero-order valence-electron chi connectivity index (χ0n) is 11.1. The van der Waals surface area contributed by atoms with Crippen molar-refractivity contribution in [2.45, 2.75) is 12.5 Å². The second kappa shape index (κ2) is 6.50. The molecule has 1 aromatic rings. The van der Waals surface area contributed by atoms with Gasteiger partial charge in [-0.3, -0.25) is 4.79 Å². The van der Waals surface area contributed by atoms with E-state index in [1.165, 1.54) is 0 Å². The van der Waals surface area contributed by atoms with Crippen LogP contribution in [-0.2, 0) is 16.0 Å². The minimum Gasteiger partial charge on any atom is -0.496 e. The summed E-state index contributed by atoms with van der Waals surface area (Å²) >= 11 is 3.42. The maximum absolute atomic E-state index is 12.4. The molecule has 4 nitrogen and oxygen atoms in total. The van der Waals surface area contributed by atoms with E-state index in [9.17, 15) is 4.79 Å². The number of hydrogen-bond donors (Lipinski definition) is 1. The molecule has 19 heavy (non-hydrogen) atoms. The highest BCUT2D eigenvalue weighted by Gasteiger charge is 2.32. The monoisotopic (exact) mass is 327 g/mol. The van der Waals surface area contributed by atoms with Crippen LogP contribution in [-0.4, -0.2) is 39.2 Å². The van der Waals surface area contributed by atoms with Crippen molar-refractivity contribution in [3.8, 4) is 5.75 Å². The summed E-state index contributed by atoms with van der Waals surface area (Å²) < 4.78 is 11.6. The lowest BCUT2D eigenvalue weighted by Gasteiger charge is -2.16. The molecule has 1 fully saturated rings. The summed E-state index contributed by atoms with van der Waals surface area (Å²) in [5, 5.41) is 3.13. The number of ether oxygens (including phenoxy) is 2. The maximum atomic E-state index is 12.4. The number of methoxy groups -OCH3 is 1. The molecular weight excluding hydrogens is 310 g/mol. The third kappa shape index (κ3) is 3.35. The van der Waals surface area contributed by atoms with E-state index in [-0.39, 0.29) is 17.7 Å². The lowest BCUT2D eigenvalue weighted by molar-refractivity contribution is -0.122. The van der Waals surface area contributed by atoms with E-state index in [1.807, 2.05) is 25.2 Å². The molecule has 1 aromatic carbocycles. The first kappa shape index (κ1) is 14.5. The fourth-order valence-electron chi connectivity index (χ4n) is 2.36. The van der Waals surface area contributed by atoms with Crippen LogP contribution in [0.5, 0.6) is 5.75 Å². The number of carbonyl (C=O) groups is 1. The molecule has 1 N–H and O–H groups in total. The number of halogens is 1. The molecule has 1 aliphatic rings. The zero-order valence-corrected chi connectivity index (χ0v) is 12.7. The van der Waals surface area contributed by atoms with Gasteiger partial charge in [0.25, 0.3) is 0 Å². The number of nitrogens with one attached hydrogen (secondary N) is 1. The number of carbonyl (C=O) groups excluding carboxylic acids is 1. The van der Waals surface area contributed by atoms with Crippen molar-refractivity contribution in [3.05, 3.63) is 28.2 Å². The molecule has 104 valence electrons. The Morgan fingerprint density at radius 3 is 3.00 bits per heavy atom. The van der Waals surface area contributed by atoms with Gasteiger partial charge < -0.3 is 14.8 Å². The summed E-state index contributed by atoms with van der Waals surface area (Å²) in [5.74, 6) is 0.860. The Labute approximate surface area is 121 Å². The predicted octanol–water partition coefficient (Wildman–Crippen LogP) is 1.80. The van der Waals surface area contributed by atoms with Crippen LogP contribution in [0.15, 0.2) is 22.7 Å². The van der Waals surface area contributed by atoms with Crippen LogP contribution < -0.4 is 10.1 Å². The van der Waals surface area contributed by atoms with Crippen molar-refractivity contribution in [1.82, 2.24) is 5.32 Å². The van der Waals surface area contributed by atoms with Crippen LogP contribution >= 0.6 is 15.9 Å². The average Bonchev–Trinajstić information content (AvgIpc) is 2.87. The largest absolute Gasteiger partial charge is 0.496 e. The van der Waals surface area contributed by atoms with Crippen LogP contribution in [0.4, 0.5) is 0 Å². The van der Waals surface area contributed by atoms with Crippen LogP contribution in [0.1, 0.15) is 5.56 Å². The molecule has 1 saturated heterocycles. The van der Waals surface area contributed by atoms with Gasteiger partial charge in [-0.15, -0.1) is 0 Å². The summed E-state index contributed by atoms with van der Waals surface area (Å²) in [6.45, 7) is 1.10. The van der Waals surface area contributed by atoms with Gasteiger partial charge in [-0.25, -0.2) is 0 Å². The van der Waals surface area contributed by atoms with Crippen LogP contribution in [0.2, 0.25) is 0 Å². The molecule has 0 saturated carbocycles. The second-order valence-corrected chi connectivity index (χ2v) is 5.55. The van der Waals surface area contributed by atoms with Crippen LogP contribution in [0, 0.1) is 5.92 Å². The summed E-state index contributed by atoms with van der Waals surface area (Å²) in [4.78, 5) is 12.4. The number of benzene rings is 1. The van der Waals surface area contributed by atoms with Crippen molar-refractivity contribution < 1.29 is 14.3 Å². The van der Waals surface area contributed by atoms with E-state index < -0.39 is 0 Å². The smallest absolute Gasteiger partial charge is 0.144 e. The number of Topliss-reactive ketones (excluding diaryl/α,β-unsaturated/α-hetero) is 1. The van der Waals surface area contributed by atoms with Crippen molar-refractivity contribution in [3.63, 3.8) is 0 Å². The molecule has 1 heterocycles. The number of likely N-dealkylation sites (N-methyl/N-ethyl adjacent to an activating group) is 1. The summed E-state index contributed by atoms with van der Waals surface area (Å²) in [6.07, 6.45) is 0.370. The predicted molar refractivity (Wildman–Crippen MR) is 76.6 cm³/mol. The van der Waals surface area contributed by atoms with Gasteiger partial charge >= 0.3 is 0 Å². The minimum atomic E-state index is -0.0753. The fourth-order valence-corrected chi connectivity index (χ4v) is 2.77. The first-order chi connectivity index (χ1) is 9.15. The third-order valence-corrected chi connectivity index (χ3v) is 3.97. The fraction of sp³-hybridized carbons (Fsp3) is 0.500. The van der Waals surface area contributed by atoms with E-state index in [1.54, 1.807) is 7.11 Å². The van der Waals surface area contributed by atoms with E-state index >= 15 is 0 Å². The van der Waals surface area contributed by atoms with E-state index in [0.29, 0.717) is 19.6 Å². The molecule has 2 rings (SSSR count). The average molecular weight is 328 g/mol. The molecule has 0 radical (unpaired) electrons. The normalized spacial score (nSPS) is 22.5. The van der Waals surface area contributed by atoms with Gasteiger partial charge in [-0.1, -0.05) is 15.9 Å². The number of ketones is 1. The van der Waals surface area contributed by atoms with Gasteiger partial charge in [0.2, 0.25) is 0 Å². The topological polar surface area (TPSA) is 47.6 Å². The molecule has 2 unspecified atom stereocenters. The Kier molecular flexibility index (Phi) is 4.96. The SMILES string of the molecule is CNC1COCC1C(=O)Cc1cc(Br)ccc1OC. The highest BCUT2D eigenvalue weighted by molar-refractivity contribution is 9.10. The maximum Gasteiger partial charge on any atom is 0.144 e. The molecule has 0 aromatic heterocycles. The van der Waals surface area contributed by atoms with Crippen LogP contribution in [0.3, 0.4) is 0 Å². The highest BCUT2D eigenvalue weighted by Crippen LogP contribution is 2.25. The number of hydrogen-bond acceptors (Lipinski definition) is 4. The van der Waals surface area contributed by atoms with E-state index in [2.05, 4.69) is 21.2 Å². The molecule has 0 amide bonds. The Morgan fingerprint density at radius 2 is 2.32 bits per heavy atom. The Bertz CT molecular complexity index is 464.